The zero-order valence-corrected chi connectivity index (χ0v) is 9.19. The van der Waals surface area contributed by atoms with Crippen LogP contribution in [0.5, 0.6) is 5.75 Å². The van der Waals surface area contributed by atoms with Crippen molar-refractivity contribution in [1.82, 2.24) is 4.57 Å². The van der Waals surface area contributed by atoms with Gasteiger partial charge in [0.05, 0.1) is 5.69 Å². The summed E-state index contributed by atoms with van der Waals surface area (Å²) in [5, 5.41) is 9.43. The van der Waals surface area contributed by atoms with Crippen LogP contribution >= 0.6 is 0 Å². The van der Waals surface area contributed by atoms with Crippen LogP contribution in [0, 0.1) is 6.92 Å². The van der Waals surface area contributed by atoms with Gasteiger partial charge in [0, 0.05) is 32.0 Å². The molecule has 0 spiro atoms. The molecule has 0 bridgehead atoms. The van der Waals surface area contributed by atoms with Crippen molar-refractivity contribution in [1.29, 1.82) is 0 Å². The van der Waals surface area contributed by atoms with E-state index in [2.05, 4.69) is 0 Å². The van der Waals surface area contributed by atoms with Gasteiger partial charge in [0.1, 0.15) is 0 Å². The highest BCUT2D eigenvalue weighted by Gasteiger charge is 2.04. The summed E-state index contributed by atoms with van der Waals surface area (Å²) in [6, 6.07) is 1.38. The highest BCUT2D eigenvalue weighted by Crippen LogP contribution is 2.09. The van der Waals surface area contributed by atoms with Gasteiger partial charge in [-0.3, -0.25) is 4.79 Å². The molecule has 0 aliphatic heterocycles. The third kappa shape index (κ3) is 3.09. The maximum atomic E-state index is 11.1. The van der Waals surface area contributed by atoms with Crippen LogP contribution in [0.25, 0.3) is 0 Å². The van der Waals surface area contributed by atoms with Crippen LogP contribution in [0.3, 0.4) is 0 Å². The zero-order chi connectivity index (χ0) is 11.3. The third-order valence-corrected chi connectivity index (χ3v) is 2.30. The first-order valence-corrected chi connectivity index (χ1v) is 5.13. The van der Waals surface area contributed by atoms with Crippen LogP contribution in [0.1, 0.15) is 19.0 Å². The van der Waals surface area contributed by atoms with E-state index in [9.17, 15) is 9.90 Å². The van der Waals surface area contributed by atoms with Gasteiger partial charge < -0.3 is 14.4 Å². The molecule has 0 amide bonds. The fraction of sp³-hybridized carbons (Fsp3) is 0.545. The van der Waals surface area contributed by atoms with Gasteiger partial charge in [-0.25, -0.2) is 0 Å². The number of rotatable bonds is 5. The summed E-state index contributed by atoms with van der Waals surface area (Å²) in [5.74, 6) is -0.158. The maximum absolute atomic E-state index is 11.1. The van der Waals surface area contributed by atoms with Crippen molar-refractivity contribution in [2.45, 2.75) is 26.8 Å². The molecule has 1 heterocycles. The van der Waals surface area contributed by atoms with Crippen molar-refractivity contribution in [2.24, 2.45) is 0 Å². The van der Waals surface area contributed by atoms with Crippen molar-refractivity contribution < 1.29 is 9.84 Å². The van der Waals surface area contributed by atoms with Gasteiger partial charge in [-0.1, -0.05) is 0 Å². The summed E-state index contributed by atoms with van der Waals surface area (Å²) in [4.78, 5) is 11.1. The lowest BCUT2D eigenvalue weighted by Crippen LogP contribution is -2.11. The second kappa shape index (κ2) is 5.56. The van der Waals surface area contributed by atoms with E-state index in [0.29, 0.717) is 18.9 Å². The molecule has 0 atom stereocenters. The molecule has 1 N–H and O–H groups in total. The number of nitrogens with zero attached hydrogens (tertiary/aromatic N) is 1. The summed E-state index contributed by atoms with van der Waals surface area (Å²) < 4.78 is 7.07. The van der Waals surface area contributed by atoms with Crippen molar-refractivity contribution in [3.05, 3.63) is 28.2 Å². The predicted molar refractivity (Wildman–Crippen MR) is 58.2 cm³/mol. The van der Waals surface area contributed by atoms with E-state index in [0.717, 1.165) is 13.0 Å². The van der Waals surface area contributed by atoms with Gasteiger partial charge >= 0.3 is 0 Å². The third-order valence-electron chi connectivity index (χ3n) is 2.30. The minimum Gasteiger partial charge on any atom is -0.503 e. The van der Waals surface area contributed by atoms with Gasteiger partial charge in [-0.2, -0.15) is 0 Å². The largest absolute Gasteiger partial charge is 0.503 e. The van der Waals surface area contributed by atoms with Gasteiger partial charge in [0.25, 0.3) is 0 Å². The number of hydrogen-bond donors (Lipinski definition) is 1. The highest BCUT2D eigenvalue weighted by atomic mass is 16.5. The lowest BCUT2D eigenvalue weighted by Gasteiger charge is -2.11. The van der Waals surface area contributed by atoms with Crippen LogP contribution in [-0.2, 0) is 11.3 Å². The molecule has 1 aromatic rings. The standard InChI is InChI=1S/C11H17NO3/c1-3-15-8-4-6-12-7-5-10(13)11(14)9(12)2/h5,7,14H,3-4,6,8H2,1-2H3. The molecule has 84 valence electrons. The average molecular weight is 211 g/mol. The maximum Gasteiger partial charge on any atom is 0.223 e. The molecule has 0 aliphatic carbocycles. The summed E-state index contributed by atoms with van der Waals surface area (Å²) in [7, 11) is 0. The monoisotopic (exact) mass is 211 g/mol. The van der Waals surface area contributed by atoms with Gasteiger partial charge in [0.2, 0.25) is 5.43 Å². The highest BCUT2D eigenvalue weighted by molar-refractivity contribution is 5.25. The number of aryl methyl sites for hydroxylation is 1. The molecule has 0 saturated carbocycles. The molecule has 15 heavy (non-hydrogen) atoms. The molecular formula is C11H17NO3. The smallest absolute Gasteiger partial charge is 0.223 e. The molecule has 1 rings (SSSR count). The lowest BCUT2D eigenvalue weighted by atomic mass is 10.3. The minimum absolute atomic E-state index is 0.158. The van der Waals surface area contributed by atoms with Crippen LogP contribution in [0.2, 0.25) is 0 Å². The molecule has 0 fully saturated rings. The number of ether oxygens (including phenoxy) is 1. The second-order valence-corrected chi connectivity index (χ2v) is 3.36. The van der Waals surface area contributed by atoms with E-state index in [4.69, 9.17) is 4.74 Å². The first-order chi connectivity index (χ1) is 7.16. The lowest BCUT2D eigenvalue weighted by molar-refractivity contribution is 0.141. The average Bonchev–Trinajstić information content (AvgIpc) is 2.24. The molecule has 1 aromatic heterocycles. The van der Waals surface area contributed by atoms with E-state index in [1.54, 1.807) is 13.1 Å². The Bertz CT molecular complexity index is 371. The van der Waals surface area contributed by atoms with E-state index in [1.165, 1.54) is 6.07 Å². The molecule has 0 saturated heterocycles. The first kappa shape index (κ1) is 11.8. The molecule has 4 nitrogen and oxygen atoms in total. The summed E-state index contributed by atoms with van der Waals surface area (Å²) in [5.41, 5.74) is 0.285. The number of aromatic hydroxyl groups is 1. The number of aromatic nitrogens is 1. The quantitative estimate of drug-likeness (QED) is 0.747. The van der Waals surface area contributed by atoms with E-state index in [1.807, 2.05) is 11.5 Å². The zero-order valence-electron chi connectivity index (χ0n) is 9.19. The Kier molecular flexibility index (Phi) is 4.37. The Morgan fingerprint density at radius 1 is 1.53 bits per heavy atom. The molecule has 0 unspecified atom stereocenters. The van der Waals surface area contributed by atoms with Crippen molar-refractivity contribution >= 4 is 0 Å². The van der Waals surface area contributed by atoms with Crippen molar-refractivity contribution in [2.75, 3.05) is 13.2 Å². The fourth-order valence-corrected chi connectivity index (χ4v) is 1.39. The molecule has 0 aromatic carbocycles. The second-order valence-electron chi connectivity index (χ2n) is 3.36. The predicted octanol–water partition coefficient (Wildman–Crippen LogP) is 1.29. The SMILES string of the molecule is CCOCCCn1ccc(=O)c(O)c1C. The Morgan fingerprint density at radius 3 is 2.93 bits per heavy atom. The normalized spacial score (nSPS) is 10.5. The molecule has 0 aliphatic rings. The summed E-state index contributed by atoms with van der Waals surface area (Å²) >= 11 is 0. The van der Waals surface area contributed by atoms with Gasteiger partial charge in [-0.05, 0) is 20.3 Å². The van der Waals surface area contributed by atoms with Crippen LogP contribution in [-0.4, -0.2) is 22.9 Å². The molecular weight excluding hydrogens is 194 g/mol. The van der Waals surface area contributed by atoms with Crippen LogP contribution in [0.15, 0.2) is 17.1 Å². The van der Waals surface area contributed by atoms with Crippen LogP contribution < -0.4 is 5.43 Å². The van der Waals surface area contributed by atoms with E-state index >= 15 is 0 Å². The van der Waals surface area contributed by atoms with Crippen molar-refractivity contribution in [3.63, 3.8) is 0 Å². The van der Waals surface area contributed by atoms with Gasteiger partial charge in [0.15, 0.2) is 5.75 Å². The van der Waals surface area contributed by atoms with E-state index in [-0.39, 0.29) is 11.2 Å². The summed E-state index contributed by atoms with van der Waals surface area (Å²) in [6.07, 6.45) is 2.57. The molecule has 4 heteroatoms. The first-order valence-electron chi connectivity index (χ1n) is 5.13. The van der Waals surface area contributed by atoms with Crippen LogP contribution in [0.4, 0.5) is 0 Å². The Hall–Kier alpha value is -1.29. The topological polar surface area (TPSA) is 51.5 Å². The molecule has 0 radical (unpaired) electrons. The van der Waals surface area contributed by atoms with E-state index < -0.39 is 0 Å². The summed E-state index contributed by atoms with van der Waals surface area (Å²) in [6.45, 7) is 5.85. The minimum atomic E-state index is -0.325. The number of pyridine rings is 1. The Labute approximate surface area is 89.1 Å². The Balaban J connectivity index is 2.62. The van der Waals surface area contributed by atoms with Gasteiger partial charge in [-0.15, -0.1) is 0 Å². The fourth-order valence-electron chi connectivity index (χ4n) is 1.39. The Morgan fingerprint density at radius 2 is 2.27 bits per heavy atom. The van der Waals surface area contributed by atoms with Crippen molar-refractivity contribution in [3.8, 4) is 5.75 Å². The number of hydrogen-bond acceptors (Lipinski definition) is 3.